The second-order valence-corrected chi connectivity index (χ2v) is 4.97. The molecule has 0 radical (unpaired) electrons. The van der Waals surface area contributed by atoms with Crippen molar-refractivity contribution in [2.45, 2.75) is 33.2 Å². The first-order valence-corrected chi connectivity index (χ1v) is 6.96. The molecule has 0 bridgehead atoms. The molecular formula is C15H22N2O4. The van der Waals surface area contributed by atoms with E-state index in [0.717, 1.165) is 0 Å². The van der Waals surface area contributed by atoms with Crippen LogP contribution in [0.1, 0.15) is 37.6 Å². The molecule has 0 saturated carbocycles. The van der Waals surface area contributed by atoms with Crippen LogP contribution < -0.4 is 5.32 Å². The third-order valence-electron chi connectivity index (χ3n) is 2.81. The SMILES string of the molecule is CCOC(=O)c1cccnc1NC(CC(C)C)C(=O)OC. The summed E-state index contributed by atoms with van der Waals surface area (Å²) < 4.78 is 9.77. The monoisotopic (exact) mass is 294 g/mol. The number of nitrogens with one attached hydrogen (secondary N) is 1. The van der Waals surface area contributed by atoms with Crippen LogP contribution in [0.4, 0.5) is 5.82 Å². The normalized spacial score (nSPS) is 11.9. The Morgan fingerprint density at radius 1 is 1.38 bits per heavy atom. The van der Waals surface area contributed by atoms with Gasteiger partial charge in [-0.1, -0.05) is 13.8 Å². The maximum absolute atomic E-state index is 11.9. The molecule has 0 aliphatic carbocycles. The van der Waals surface area contributed by atoms with Crippen LogP contribution in [0, 0.1) is 5.92 Å². The molecule has 0 saturated heterocycles. The molecule has 1 unspecified atom stereocenters. The number of esters is 2. The maximum atomic E-state index is 11.9. The van der Waals surface area contributed by atoms with Crippen molar-refractivity contribution in [1.82, 2.24) is 4.98 Å². The van der Waals surface area contributed by atoms with Gasteiger partial charge in [-0.2, -0.15) is 0 Å². The first-order chi connectivity index (χ1) is 9.99. The number of carbonyl (C=O) groups excluding carboxylic acids is 2. The molecule has 6 heteroatoms. The van der Waals surface area contributed by atoms with E-state index in [1.54, 1.807) is 25.3 Å². The Hall–Kier alpha value is -2.11. The highest BCUT2D eigenvalue weighted by Crippen LogP contribution is 2.17. The van der Waals surface area contributed by atoms with E-state index >= 15 is 0 Å². The Labute approximate surface area is 124 Å². The molecule has 6 nitrogen and oxygen atoms in total. The fourth-order valence-electron chi connectivity index (χ4n) is 1.89. The molecule has 0 amide bonds. The molecule has 1 aromatic heterocycles. The molecule has 1 N–H and O–H groups in total. The van der Waals surface area contributed by atoms with Crippen LogP contribution in [0.5, 0.6) is 0 Å². The van der Waals surface area contributed by atoms with Crippen molar-refractivity contribution in [3.63, 3.8) is 0 Å². The lowest BCUT2D eigenvalue weighted by atomic mass is 10.0. The largest absolute Gasteiger partial charge is 0.467 e. The Morgan fingerprint density at radius 2 is 2.10 bits per heavy atom. The minimum atomic E-state index is -0.557. The van der Waals surface area contributed by atoms with Crippen molar-refractivity contribution in [3.8, 4) is 0 Å². The van der Waals surface area contributed by atoms with Crippen molar-refractivity contribution in [1.29, 1.82) is 0 Å². The van der Waals surface area contributed by atoms with E-state index in [1.165, 1.54) is 7.11 Å². The average molecular weight is 294 g/mol. The maximum Gasteiger partial charge on any atom is 0.341 e. The van der Waals surface area contributed by atoms with Crippen LogP contribution >= 0.6 is 0 Å². The summed E-state index contributed by atoms with van der Waals surface area (Å²) in [6.07, 6.45) is 2.13. The standard InChI is InChI=1S/C15H22N2O4/c1-5-21-14(18)11-7-6-8-16-13(11)17-12(9-10(2)3)15(19)20-4/h6-8,10,12H,5,9H2,1-4H3,(H,16,17). The van der Waals surface area contributed by atoms with Crippen molar-refractivity contribution < 1.29 is 19.1 Å². The third-order valence-corrected chi connectivity index (χ3v) is 2.81. The summed E-state index contributed by atoms with van der Waals surface area (Å²) in [6, 6.07) is 2.70. The van der Waals surface area contributed by atoms with Gasteiger partial charge in [0, 0.05) is 6.20 Å². The van der Waals surface area contributed by atoms with Crippen LogP contribution in [0.3, 0.4) is 0 Å². The number of hydrogen-bond acceptors (Lipinski definition) is 6. The molecule has 0 aromatic carbocycles. The lowest BCUT2D eigenvalue weighted by Gasteiger charge is -2.20. The second kappa shape index (κ2) is 8.24. The summed E-state index contributed by atoms with van der Waals surface area (Å²) >= 11 is 0. The molecule has 1 heterocycles. The number of nitrogens with zero attached hydrogens (tertiary/aromatic N) is 1. The van der Waals surface area contributed by atoms with E-state index in [-0.39, 0.29) is 18.5 Å². The van der Waals surface area contributed by atoms with Gasteiger partial charge in [-0.05, 0) is 31.4 Å². The van der Waals surface area contributed by atoms with Gasteiger partial charge in [0.2, 0.25) is 0 Å². The summed E-state index contributed by atoms with van der Waals surface area (Å²) in [7, 11) is 1.34. The lowest BCUT2D eigenvalue weighted by molar-refractivity contribution is -0.141. The number of carbonyl (C=O) groups is 2. The Morgan fingerprint density at radius 3 is 2.67 bits per heavy atom. The molecule has 1 atom stereocenters. The van der Waals surface area contributed by atoms with Crippen molar-refractivity contribution in [3.05, 3.63) is 23.9 Å². The molecule has 0 fully saturated rings. The summed E-state index contributed by atoms with van der Waals surface area (Å²) in [5, 5.41) is 2.98. The summed E-state index contributed by atoms with van der Waals surface area (Å²) in [5.41, 5.74) is 0.303. The van der Waals surface area contributed by atoms with Gasteiger partial charge in [0.05, 0.1) is 13.7 Å². The smallest absolute Gasteiger partial charge is 0.341 e. The average Bonchev–Trinajstić information content (AvgIpc) is 2.46. The number of pyridine rings is 1. The Kier molecular flexibility index (Phi) is 6.65. The zero-order valence-electron chi connectivity index (χ0n) is 12.9. The lowest BCUT2D eigenvalue weighted by Crippen LogP contribution is -2.33. The summed E-state index contributed by atoms with van der Waals surface area (Å²) in [5.74, 6) is -0.242. The predicted molar refractivity (Wildman–Crippen MR) is 79.1 cm³/mol. The second-order valence-electron chi connectivity index (χ2n) is 4.97. The van der Waals surface area contributed by atoms with Gasteiger partial charge in [0.25, 0.3) is 0 Å². The number of ether oxygens (including phenoxy) is 2. The fourth-order valence-corrected chi connectivity index (χ4v) is 1.89. The van der Waals surface area contributed by atoms with Gasteiger partial charge in [0.15, 0.2) is 0 Å². The van der Waals surface area contributed by atoms with E-state index in [4.69, 9.17) is 9.47 Å². The van der Waals surface area contributed by atoms with Gasteiger partial charge in [0.1, 0.15) is 17.4 Å². The fraction of sp³-hybridized carbons (Fsp3) is 0.533. The van der Waals surface area contributed by atoms with Gasteiger partial charge < -0.3 is 14.8 Å². The van der Waals surface area contributed by atoms with Crippen LogP contribution in [0.2, 0.25) is 0 Å². The minimum absolute atomic E-state index is 0.277. The van der Waals surface area contributed by atoms with Crippen molar-refractivity contribution in [2.75, 3.05) is 19.0 Å². The highest BCUT2D eigenvalue weighted by Gasteiger charge is 2.23. The van der Waals surface area contributed by atoms with E-state index in [0.29, 0.717) is 17.8 Å². The molecule has 0 aliphatic heterocycles. The molecule has 0 aliphatic rings. The van der Waals surface area contributed by atoms with Gasteiger partial charge in [-0.15, -0.1) is 0 Å². The molecule has 0 spiro atoms. The number of hydrogen-bond donors (Lipinski definition) is 1. The van der Waals surface area contributed by atoms with E-state index in [2.05, 4.69) is 10.3 Å². The molecular weight excluding hydrogens is 272 g/mol. The van der Waals surface area contributed by atoms with Crippen LogP contribution in [-0.2, 0) is 14.3 Å². The number of aromatic nitrogens is 1. The highest BCUT2D eigenvalue weighted by atomic mass is 16.5. The topological polar surface area (TPSA) is 77.5 Å². The van der Waals surface area contributed by atoms with Crippen molar-refractivity contribution in [2.24, 2.45) is 5.92 Å². The van der Waals surface area contributed by atoms with E-state index in [9.17, 15) is 9.59 Å². The highest BCUT2D eigenvalue weighted by molar-refractivity contribution is 5.95. The number of methoxy groups -OCH3 is 1. The van der Waals surface area contributed by atoms with Crippen LogP contribution in [-0.4, -0.2) is 36.7 Å². The molecule has 116 valence electrons. The molecule has 21 heavy (non-hydrogen) atoms. The quantitative estimate of drug-likeness (QED) is 0.777. The van der Waals surface area contributed by atoms with Gasteiger partial charge in [-0.25, -0.2) is 14.6 Å². The van der Waals surface area contributed by atoms with E-state index < -0.39 is 12.0 Å². The van der Waals surface area contributed by atoms with Gasteiger partial charge in [-0.3, -0.25) is 0 Å². The third kappa shape index (κ3) is 5.06. The first kappa shape index (κ1) is 16.9. The minimum Gasteiger partial charge on any atom is -0.467 e. The van der Waals surface area contributed by atoms with Crippen LogP contribution in [0.25, 0.3) is 0 Å². The zero-order valence-corrected chi connectivity index (χ0v) is 12.9. The van der Waals surface area contributed by atoms with Gasteiger partial charge >= 0.3 is 11.9 Å². The van der Waals surface area contributed by atoms with Crippen molar-refractivity contribution >= 4 is 17.8 Å². The molecule has 1 rings (SSSR count). The number of rotatable bonds is 7. The Bertz CT molecular complexity index is 488. The van der Waals surface area contributed by atoms with Crippen LogP contribution in [0.15, 0.2) is 18.3 Å². The number of anilines is 1. The Balaban J connectivity index is 2.98. The zero-order chi connectivity index (χ0) is 15.8. The summed E-state index contributed by atoms with van der Waals surface area (Å²) in [4.78, 5) is 27.8. The first-order valence-electron chi connectivity index (χ1n) is 6.96. The van der Waals surface area contributed by atoms with E-state index in [1.807, 2.05) is 13.8 Å². The predicted octanol–water partition coefficient (Wildman–Crippen LogP) is 2.26. The summed E-state index contributed by atoms with van der Waals surface area (Å²) in [6.45, 7) is 6.02. The molecule has 1 aromatic rings.